The molecule has 0 aliphatic carbocycles. The van der Waals surface area contributed by atoms with Crippen molar-refractivity contribution in [3.8, 4) is 11.8 Å². The van der Waals surface area contributed by atoms with E-state index in [4.69, 9.17) is 14.2 Å². The second-order valence-electron chi connectivity index (χ2n) is 7.87. The normalized spacial score (nSPS) is 23.4. The van der Waals surface area contributed by atoms with E-state index in [2.05, 4.69) is 37.3 Å². The van der Waals surface area contributed by atoms with Gasteiger partial charge in [-0.15, -0.1) is 0 Å². The van der Waals surface area contributed by atoms with Crippen LogP contribution in [-0.2, 0) is 28.1 Å². The molecule has 3 rings (SSSR count). The summed E-state index contributed by atoms with van der Waals surface area (Å²) in [5.41, 5.74) is 4.31. The number of rotatable bonds is 8. The van der Waals surface area contributed by atoms with Crippen molar-refractivity contribution in [3.63, 3.8) is 0 Å². The number of aryl methyl sites for hydroxylation is 1. The summed E-state index contributed by atoms with van der Waals surface area (Å²) in [7, 11) is 1.52. The monoisotopic (exact) mass is 425 g/mol. The molecule has 6 heteroatoms. The molecule has 166 valence electrons. The first-order chi connectivity index (χ1) is 15.0. The third-order valence-corrected chi connectivity index (χ3v) is 5.79. The number of hydrogen-bond donors (Lipinski definition) is 2. The van der Waals surface area contributed by atoms with Crippen molar-refractivity contribution in [2.45, 2.75) is 57.5 Å². The van der Waals surface area contributed by atoms with Crippen molar-refractivity contribution in [2.75, 3.05) is 20.3 Å². The van der Waals surface area contributed by atoms with Crippen molar-refractivity contribution in [3.05, 3.63) is 64.2 Å². The third-order valence-electron chi connectivity index (χ3n) is 5.79. The first-order valence-corrected chi connectivity index (χ1v) is 10.8. The molecule has 2 aromatic carbocycles. The second-order valence-corrected chi connectivity index (χ2v) is 7.87. The predicted molar refractivity (Wildman–Crippen MR) is 117 cm³/mol. The molecule has 31 heavy (non-hydrogen) atoms. The lowest BCUT2D eigenvalue weighted by molar-refractivity contribution is -0.299. The van der Waals surface area contributed by atoms with E-state index in [0.717, 1.165) is 17.5 Å². The Morgan fingerprint density at radius 2 is 1.90 bits per heavy atom. The van der Waals surface area contributed by atoms with Gasteiger partial charge in [0.2, 0.25) is 5.79 Å². The Hall–Kier alpha value is -2.43. The quantitative estimate of drug-likeness (QED) is 0.673. The fraction of sp³-hybridized carbons (Fsp3) is 0.480. The number of nitriles is 1. The molecule has 0 amide bonds. The molecule has 0 spiro atoms. The minimum Gasteiger partial charge on any atom is -0.493 e. The van der Waals surface area contributed by atoms with Gasteiger partial charge in [0.05, 0.1) is 42.6 Å². The van der Waals surface area contributed by atoms with Crippen LogP contribution in [0.4, 0.5) is 0 Å². The standard InChI is InChI=1S/C25H31NO5/c1-4-17-6-8-18(9-7-17)10-19-11-23(24(30-5-2)12-20(19)15-26)25(29-3)14-21(28)13-22(16-27)31-25/h6-9,11-12,21-22,27-28H,4-5,10,13-14,16H2,1-3H3. The number of aliphatic hydroxyl groups is 2. The molecule has 0 aromatic heterocycles. The van der Waals surface area contributed by atoms with Crippen molar-refractivity contribution in [1.82, 2.24) is 0 Å². The molecule has 0 bridgehead atoms. The minimum absolute atomic E-state index is 0.205. The van der Waals surface area contributed by atoms with Crippen LogP contribution in [0.15, 0.2) is 36.4 Å². The van der Waals surface area contributed by atoms with E-state index in [1.165, 1.54) is 12.7 Å². The molecule has 2 N–H and O–H groups in total. The number of aliphatic hydroxyl groups excluding tert-OH is 2. The lowest BCUT2D eigenvalue weighted by Gasteiger charge is -2.42. The molecule has 1 aliphatic rings. The van der Waals surface area contributed by atoms with E-state index in [1.807, 2.05) is 13.0 Å². The summed E-state index contributed by atoms with van der Waals surface area (Å²) in [5.74, 6) is -0.790. The molecule has 1 heterocycles. The van der Waals surface area contributed by atoms with Crippen LogP contribution in [0.25, 0.3) is 0 Å². The van der Waals surface area contributed by atoms with Gasteiger partial charge in [-0.2, -0.15) is 5.26 Å². The highest BCUT2D eigenvalue weighted by Gasteiger charge is 2.45. The largest absolute Gasteiger partial charge is 0.493 e. The van der Waals surface area contributed by atoms with Crippen molar-refractivity contribution in [1.29, 1.82) is 5.26 Å². The molecule has 1 saturated heterocycles. The lowest BCUT2D eigenvalue weighted by atomic mass is 9.88. The van der Waals surface area contributed by atoms with Gasteiger partial charge in [-0.3, -0.25) is 0 Å². The van der Waals surface area contributed by atoms with Crippen molar-refractivity contribution in [2.24, 2.45) is 0 Å². The molecule has 6 nitrogen and oxygen atoms in total. The predicted octanol–water partition coefficient (Wildman–Crippen LogP) is 3.44. The molecule has 1 fully saturated rings. The Balaban J connectivity index is 2.08. The highest BCUT2D eigenvalue weighted by atomic mass is 16.7. The van der Waals surface area contributed by atoms with Crippen molar-refractivity contribution < 1.29 is 24.4 Å². The molecule has 3 unspecified atom stereocenters. The summed E-state index contributed by atoms with van der Waals surface area (Å²) in [6, 6.07) is 14.2. The average Bonchev–Trinajstić information content (AvgIpc) is 2.79. The second kappa shape index (κ2) is 10.3. The van der Waals surface area contributed by atoms with E-state index in [-0.39, 0.29) is 13.0 Å². The molecule has 0 radical (unpaired) electrons. The average molecular weight is 426 g/mol. The Bertz CT molecular complexity index is 921. The summed E-state index contributed by atoms with van der Waals surface area (Å²) >= 11 is 0. The first kappa shape index (κ1) is 23.2. The maximum Gasteiger partial charge on any atom is 0.201 e. The highest BCUT2D eigenvalue weighted by molar-refractivity contribution is 5.51. The first-order valence-electron chi connectivity index (χ1n) is 10.8. The van der Waals surface area contributed by atoms with Gasteiger partial charge < -0.3 is 24.4 Å². The molecule has 3 atom stereocenters. The zero-order chi connectivity index (χ0) is 22.4. The summed E-state index contributed by atoms with van der Waals surface area (Å²) in [5, 5.41) is 29.9. The van der Waals surface area contributed by atoms with Crippen LogP contribution < -0.4 is 4.74 Å². The minimum atomic E-state index is -1.27. The van der Waals surface area contributed by atoms with Crippen LogP contribution in [0.2, 0.25) is 0 Å². The van der Waals surface area contributed by atoms with Gasteiger partial charge in [-0.25, -0.2) is 0 Å². The van der Waals surface area contributed by atoms with Gasteiger partial charge in [-0.05, 0) is 48.6 Å². The lowest BCUT2D eigenvalue weighted by Crippen LogP contribution is -2.46. The maximum absolute atomic E-state index is 10.4. The third kappa shape index (κ3) is 5.08. The van der Waals surface area contributed by atoms with Gasteiger partial charge >= 0.3 is 0 Å². The van der Waals surface area contributed by atoms with Crippen LogP contribution in [0.5, 0.6) is 5.75 Å². The molecular formula is C25H31NO5. The van der Waals surface area contributed by atoms with Crippen LogP contribution in [0.1, 0.15) is 54.5 Å². The molecule has 1 aliphatic heterocycles. The van der Waals surface area contributed by atoms with Gasteiger partial charge in [0.1, 0.15) is 5.75 Å². The topological polar surface area (TPSA) is 91.9 Å². The number of hydrogen-bond acceptors (Lipinski definition) is 6. The highest BCUT2D eigenvalue weighted by Crippen LogP contribution is 2.44. The maximum atomic E-state index is 10.4. The van der Waals surface area contributed by atoms with E-state index in [0.29, 0.717) is 36.3 Å². The van der Waals surface area contributed by atoms with Crippen molar-refractivity contribution >= 4 is 0 Å². The summed E-state index contributed by atoms with van der Waals surface area (Å²) < 4.78 is 17.8. The van der Waals surface area contributed by atoms with Crippen LogP contribution >= 0.6 is 0 Å². The Morgan fingerprint density at radius 1 is 1.19 bits per heavy atom. The number of benzene rings is 2. The fourth-order valence-electron chi connectivity index (χ4n) is 4.15. The van der Waals surface area contributed by atoms with Gasteiger partial charge in [0.25, 0.3) is 0 Å². The summed E-state index contributed by atoms with van der Waals surface area (Å²) in [6.07, 6.45) is 0.825. The Kier molecular flexibility index (Phi) is 7.69. The zero-order valence-electron chi connectivity index (χ0n) is 18.4. The van der Waals surface area contributed by atoms with Gasteiger partial charge in [0.15, 0.2) is 0 Å². The number of ether oxygens (including phenoxy) is 3. The SMILES string of the molecule is CCOc1cc(C#N)c(Cc2ccc(CC)cc2)cc1C1(OC)CC(O)CC(CO)O1. The van der Waals surface area contributed by atoms with Gasteiger partial charge in [0, 0.05) is 20.0 Å². The van der Waals surface area contributed by atoms with E-state index >= 15 is 0 Å². The summed E-state index contributed by atoms with van der Waals surface area (Å²) in [6.45, 7) is 4.16. The van der Waals surface area contributed by atoms with Crippen LogP contribution in [0.3, 0.4) is 0 Å². The smallest absolute Gasteiger partial charge is 0.201 e. The fourth-order valence-corrected chi connectivity index (χ4v) is 4.15. The Morgan fingerprint density at radius 3 is 2.48 bits per heavy atom. The molecule has 2 aromatic rings. The molecule has 0 saturated carbocycles. The van der Waals surface area contributed by atoms with Crippen LogP contribution in [0, 0.1) is 11.3 Å². The number of nitrogens with zero attached hydrogens (tertiary/aromatic N) is 1. The summed E-state index contributed by atoms with van der Waals surface area (Å²) in [4.78, 5) is 0. The number of methoxy groups -OCH3 is 1. The molecular weight excluding hydrogens is 394 g/mol. The van der Waals surface area contributed by atoms with E-state index in [1.54, 1.807) is 6.07 Å². The van der Waals surface area contributed by atoms with E-state index in [9.17, 15) is 15.5 Å². The van der Waals surface area contributed by atoms with E-state index < -0.39 is 18.0 Å². The van der Waals surface area contributed by atoms with Gasteiger partial charge in [-0.1, -0.05) is 31.2 Å². The zero-order valence-corrected chi connectivity index (χ0v) is 18.4. The van der Waals surface area contributed by atoms with Crippen LogP contribution in [-0.4, -0.2) is 42.7 Å². The Labute approximate surface area is 184 Å².